The predicted octanol–water partition coefficient (Wildman–Crippen LogP) is 2.60. The van der Waals surface area contributed by atoms with Gasteiger partial charge in [0.25, 0.3) is 0 Å². The standard InChI is InChI=1S/C16H26N2O3/c19-15(20)9-12-7-13-5-6-14(8-12)18(13)16(21)17-10-11-3-1-2-4-11/h11-14H,1-10H2,(H,17,21)(H,19,20). The van der Waals surface area contributed by atoms with Gasteiger partial charge in [0.1, 0.15) is 0 Å². The van der Waals surface area contributed by atoms with Gasteiger partial charge in [0.2, 0.25) is 0 Å². The summed E-state index contributed by atoms with van der Waals surface area (Å²) in [5.41, 5.74) is 0. The fourth-order valence-corrected chi connectivity index (χ4v) is 4.57. The third kappa shape index (κ3) is 3.33. The van der Waals surface area contributed by atoms with Crippen molar-refractivity contribution in [1.29, 1.82) is 0 Å². The quantitative estimate of drug-likeness (QED) is 0.837. The Bertz CT molecular complexity index is 392. The highest BCUT2D eigenvalue weighted by molar-refractivity contribution is 5.75. The monoisotopic (exact) mass is 294 g/mol. The van der Waals surface area contributed by atoms with Crippen LogP contribution in [0.1, 0.15) is 57.8 Å². The Morgan fingerprint density at radius 2 is 1.62 bits per heavy atom. The Hall–Kier alpha value is -1.26. The van der Waals surface area contributed by atoms with E-state index in [9.17, 15) is 9.59 Å². The molecular formula is C16H26N2O3. The molecule has 1 aliphatic carbocycles. The van der Waals surface area contributed by atoms with Crippen molar-refractivity contribution in [3.8, 4) is 0 Å². The van der Waals surface area contributed by atoms with Gasteiger partial charge in [-0.25, -0.2) is 4.79 Å². The van der Waals surface area contributed by atoms with Crippen molar-refractivity contribution in [2.24, 2.45) is 11.8 Å². The van der Waals surface area contributed by atoms with Gasteiger partial charge in [0, 0.05) is 25.0 Å². The molecule has 21 heavy (non-hydrogen) atoms. The molecule has 1 saturated carbocycles. The summed E-state index contributed by atoms with van der Waals surface area (Å²) in [6, 6.07) is 0.608. The Kier molecular flexibility index (Phi) is 4.36. The molecule has 0 aromatic carbocycles. The van der Waals surface area contributed by atoms with Gasteiger partial charge >= 0.3 is 12.0 Å². The molecular weight excluding hydrogens is 268 g/mol. The fourth-order valence-electron chi connectivity index (χ4n) is 4.57. The van der Waals surface area contributed by atoms with E-state index in [0.29, 0.717) is 5.92 Å². The van der Waals surface area contributed by atoms with Crippen LogP contribution in [-0.2, 0) is 4.79 Å². The van der Waals surface area contributed by atoms with Crippen LogP contribution in [-0.4, -0.2) is 40.6 Å². The highest BCUT2D eigenvalue weighted by Gasteiger charge is 2.43. The first-order valence-corrected chi connectivity index (χ1v) is 8.41. The van der Waals surface area contributed by atoms with Gasteiger partial charge in [-0.1, -0.05) is 12.8 Å². The number of rotatable bonds is 4. The van der Waals surface area contributed by atoms with Crippen molar-refractivity contribution in [3.05, 3.63) is 0 Å². The number of carbonyl (C=O) groups excluding carboxylic acids is 1. The Morgan fingerprint density at radius 1 is 1.00 bits per heavy atom. The van der Waals surface area contributed by atoms with Crippen LogP contribution < -0.4 is 5.32 Å². The van der Waals surface area contributed by atoms with E-state index in [-0.39, 0.29) is 30.5 Å². The van der Waals surface area contributed by atoms with E-state index in [1.807, 2.05) is 4.90 Å². The first-order valence-electron chi connectivity index (χ1n) is 8.41. The largest absolute Gasteiger partial charge is 0.481 e. The summed E-state index contributed by atoms with van der Waals surface area (Å²) >= 11 is 0. The molecule has 0 spiro atoms. The Balaban J connectivity index is 1.52. The van der Waals surface area contributed by atoms with Crippen LogP contribution in [0, 0.1) is 11.8 Å². The summed E-state index contributed by atoms with van der Waals surface area (Å²) in [7, 11) is 0. The number of hydrogen-bond acceptors (Lipinski definition) is 2. The van der Waals surface area contributed by atoms with Crippen molar-refractivity contribution in [1.82, 2.24) is 10.2 Å². The van der Waals surface area contributed by atoms with Gasteiger partial charge in [0.05, 0.1) is 0 Å². The molecule has 0 aromatic rings. The number of fused-ring (bicyclic) bond motifs is 2. The van der Waals surface area contributed by atoms with Gasteiger partial charge < -0.3 is 15.3 Å². The predicted molar refractivity (Wildman–Crippen MR) is 79.0 cm³/mol. The zero-order valence-corrected chi connectivity index (χ0v) is 12.6. The van der Waals surface area contributed by atoms with Crippen LogP contribution in [0.25, 0.3) is 0 Å². The third-order valence-electron chi connectivity index (χ3n) is 5.55. The molecule has 2 unspecified atom stereocenters. The van der Waals surface area contributed by atoms with Gasteiger partial charge in [0.15, 0.2) is 0 Å². The summed E-state index contributed by atoms with van der Waals surface area (Å²) < 4.78 is 0. The molecule has 118 valence electrons. The number of carboxylic acid groups (broad SMARTS) is 1. The fraction of sp³-hybridized carbons (Fsp3) is 0.875. The average molecular weight is 294 g/mol. The molecule has 2 amide bonds. The van der Waals surface area contributed by atoms with Crippen LogP contribution in [0.3, 0.4) is 0 Å². The number of urea groups is 1. The molecule has 2 atom stereocenters. The lowest BCUT2D eigenvalue weighted by atomic mass is 9.88. The van der Waals surface area contributed by atoms with Crippen molar-refractivity contribution in [2.75, 3.05) is 6.54 Å². The normalized spacial score (nSPS) is 32.4. The first kappa shape index (κ1) is 14.7. The van der Waals surface area contributed by atoms with Crippen molar-refractivity contribution >= 4 is 12.0 Å². The van der Waals surface area contributed by atoms with E-state index < -0.39 is 5.97 Å². The van der Waals surface area contributed by atoms with Crippen LogP contribution >= 0.6 is 0 Å². The van der Waals surface area contributed by atoms with Gasteiger partial charge in [-0.05, 0) is 50.4 Å². The maximum Gasteiger partial charge on any atom is 0.317 e. The lowest BCUT2D eigenvalue weighted by Crippen LogP contribution is -2.51. The molecule has 2 aliphatic heterocycles. The number of nitrogens with one attached hydrogen (secondary N) is 1. The topological polar surface area (TPSA) is 69.6 Å². The molecule has 3 fully saturated rings. The number of carboxylic acids is 1. The molecule has 3 rings (SSSR count). The molecule has 3 aliphatic rings. The Labute approximate surface area is 126 Å². The summed E-state index contributed by atoms with van der Waals surface area (Å²) in [4.78, 5) is 25.3. The van der Waals surface area contributed by atoms with Crippen molar-refractivity contribution in [2.45, 2.75) is 69.9 Å². The number of aliphatic carboxylic acids is 1. The molecule has 2 saturated heterocycles. The van der Waals surface area contributed by atoms with Crippen molar-refractivity contribution in [3.63, 3.8) is 0 Å². The first-order chi connectivity index (χ1) is 10.1. The van der Waals surface area contributed by atoms with E-state index in [2.05, 4.69) is 5.32 Å². The van der Waals surface area contributed by atoms with Crippen LogP contribution in [0.15, 0.2) is 0 Å². The minimum absolute atomic E-state index is 0.0863. The summed E-state index contributed by atoms with van der Waals surface area (Å²) in [6.07, 6.45) is 9.14. The highest BCUT2D eigenvalue weighted by Crippen LogP contribution is 2.39. The molecule has 0 radical (unpaired) electrons. The SMILES string of the molecule is O=C(O)CC1CC2CCC(C1)N2C(=O)NCC1CCCC1. The highest BCUT2D eigenvalue weighted by atomic mass is 16.4. The third-order valence-corrected chi connectivity index (χ3v) is 5.55. The smallest absolute Gasteiger partial charge is 0.317 e. The molecule has 2 heterocycles. The number of hydrogen-bond donors (Lipinski definition) is 2. The Morgan fingerprint density at radius 3 is 2.19 bits per heavy atom. The lowest BCUT2D eigenvalue weighted by molar-refractivity contribution is -0.138. The second kappa shape index (κ2) is 6.24. The number of carbonyl (C=O) groups is 2. The lowest BCUT2D eigenvalue weighted by Gasteiger charge is -2.38. The van der Waals surface area contributed by atoms with E-state index in [0.717, 1.165) is 32.2 Å². The molecule has 5 nitrogen and oxygen atoms in total. The average Bonchev–Trinajstić information content (AvgIpc) is 3.02. The molecule has 5 heteroatoms. The van der Waals surface area contributed by atoms with Crippen LogP contribution in [0.2, 0.25) is 0 Å². The van der Waals surface area contributed by atoms with E-state index in [1.165, 1.54) is 25.7 Å². The maximum absolute atomic E-state index is 12.4. The van der Waals surface area contributed by atoms with E-state index in [1.54, 1.807) is 0 Å². The number of amides is 2. The minimum Gasteiger partial charge on any atom is -0.481 e. The van der Waals surface area contributed by atoms with Gasteiger partial charge in [-0.15, -0.1) is 0 Å². The minimum atomic E-state index is -0.710. The van der Waals surface area contributed by atoms with Crippen LogP contribution in [0.4, 0.5) is 4.79 Å². The molecule has 2 N–H and O–H groups in total. The molecule has 0 aromatic heterocycles. The van der Waals surface area contributed by atoms with E-state index >= 15 is 0 Å². The second-order valence-corrected chi connectivity index (χ2v) is 7.06. The second-order valence-electron chi connectivity index (χ2n) is 7.06. The van der Waals surface area contributed by atoms with Crippen molar-refractivity contribution < 1.29 is 14.7 Å². The van der Waals surface area contributed by atoms with Gasteiger partial charge in [-0.3, -0.25) is 4.79 Å². The van der Waals surface area contributed by atoms with Gasteiger partial charge in [-0.2, -0.15) is 0 Å². The molecule has 2 bridgehead atoms. The zero-order chi connectivity index (χ0) is 14.8. The maximum atomic E-state index is 12.4. The summed E-state index contributed by atoms with van der Waals surface area (Å²) in [5.74, 6) is 0.202. The number of nitrogens with zero attached hydrogens (tertiary/aromatic N) is 1. The van der Waals surface area contributed by atoms with E-state index in [4.69, 9.17) is 5.11 Å². The number of piperidine rings is 1. The summed E-state index contributed by atoms with van der Waals surface area (Å²) in [5, 5.41) is 12.1. The van der Waals surface area contributed by atoms with Crippen LogP contribution in [0.5, 0.6) is 0 Å². The summed E-state index contributed by atoms with van der Waals surface area (Å²) in [6.45, 7) is 0.813. The zero-order valence-electron chi connectivity index (χ0n) is 12.6.